The van der Waals surface area contributed by atoms with Crippen LogP contribution >= 0.6 is 0 Å². The molecule has 0 spiro atoms. The van der Waals surface area contributed by atoms with Gasteiger partial charge in [-0.3, -0.25) is 9.59 Å². The maximum atomic E-state index is 12.5. The van der Waals surface area contributed by atoms with Gasteiger partial charge in [0.25, 0.3) is 5.91 Å². The van der Waals surface area contributed by atoms with E-state index in [0.29, 0.717) is 18.9 Å². The molecule has 1 heterocycles. The first-order chi connectivity index (χ1) is 10.1. The summed E-state index contributed by atoms with van der Waals surface area (Å²) in [5.74, 6) is -0.375. The molecular formula is C17H23NO3. The molecule has 1 amide bonds. The maximum Gasteiger partial charge on any atom is 0.303 e. The van der Waals surface area contributed by atoms with Gasteiger partial charge < -0.3 is 10.0 Å². The predicted molar refractivity (Wildman–Crippen MR) is 81.3 cm³/mol. The Labute approximate surface area is 125 Å². The Morgan fingerprint density at radius 2 is 2.00 bits per heavy atom. The molecule has 1 aromatic carbocycles. The van der Waals surface area contributed by atoms with Gasteiger partial charge in [0, 0.05) is 25.1 Å². The van der Waals surface area contributed by atoms with Crippen LogP contribution < -0.4 is 0 Å². The zero-order valence-corrected chi connectivity index (χ0v) is 12.5. The quantitative estimate of drug-likeness (QED) is 0.906. The molecule has 1 saturated heterocycles. The summed E-state index contributed by atoms with van der Waals surface area (Å²) >= 11 is 0. The van der Waals surface area contributed by atoms with Crippen molar-refractivity contribution in [2.75, 3.05) is 13.1 Å². The van der Waals surface area contributed by atoms with Gasteiger partial charge in [-0.2, -0.15) is 0 Å². The fourth-order valence-corrected chi connectivity index (χ4v) is 2.88. The molecule has 4 nitrogen and oxygen atoms in total. The van der Waals surface area contributed by atoms with E-state index in [2.05, 4.69) is 6.92 Å². The van der Waals surface area contributed by atoms with Crippen LogP contribution in [0.2, 0.25) is 0 Å². The van der Waals surface area contributed by atoms with Crippen molar-refractivity contribution in [2.45, 2.75) is 39.0 Å². The molecule has 114 valence electrons. The lowest BCUT2D eigenvalue weighted by Gasteiger charge is -2.32. The molecule has 0 saturated carbocycles. The Morgan fingerprint density at radius 1 is 1.29 bits per heavy atom. The van der Waals surface area contributed by atoms with Crippen LogP contribution in [0.3, 0.4) is 0 Å². The average Bonchev–Trinajstić information content (AvgIpc) is 2.52. The summed E-state index contributed by atoms with van der Waals surface area (Å²) in [6, 6.07) is 7.78. The lowest BCUT2D eigenvalue weighted by molar-refractivity contribution is -0.137. The number of likely N-dealkylation sites (tertiary alicyclic amines) is 1. The van der Waals surface area contributed by atoms with E-state index in [9.17, 15) is 9.59 Å². The van der Waals surface area contributed by atoms with Crippen molar-refractivity contribution < 1.29 is 14.7 Å². The summed E-state index contributed by atoms with van der Waals surface area (Å²) in [6.07, 6.45) is 3.80. The standard InChI is InChI=1S/C17H23NO3/c1-2-13-5-8-15(9-6-13)17(21)18-11-3-4-14(12-18)7-10-16(19)20/h5-6,8-9,14H,2-4,7,10-12H2,1H3,(H,19,20)/t14-/m1/s1. The second kappa shape index (κ2) is 7.25. The van der Waals surface area contributed by atoms with Crippen molar-refractivity contribution in [2.24, 2.45) is 5.92 Å². The molecule has 1 atom stereocenters. The van der Waals surface area contributed by atoms with Gasteiger partial charge in [0.1, 0.15) is 0 Å². The van der Waals surface area contributed by atoms with Crippen LogP contribution in [0, 0.1) is 5.92 Å². The Bertz CT molecular complexity index is 495. The summed E-state index contributed by atoms with van der Waals surface area (Å²) in [5.41, 5.74) is 1.95. The van der Waals surface area contributed by atoms with Crippen LogP contribution in [0.25, 0.3) is 0 Å². The predicted octanol–water partition coefficient (Wildman–Crippen LogP) is 2.97. The number of carboxylic acids is 1. The van der Waals surface area contributed by atoms with Crippen LogP contribution in [0.5, 0.6) is 0 Å². The van der Waals surface area contributed by atoms with Gasteiger partial charge in [0.2, 0.25) is 0 Å². The van der Waals surface area contributed by atoms with E-state index in [0.717, 1.165) is 31.4 Å². The number of carbonyl (C=O) groups excluding carboxylic acids is 1. The van der Waals surface area contributed by atoms with Crippen LogP contribution in [-0.4, -0.2) is 35.0 Å². The molecule has 1 aromatic rings. The molecule has 0 unspecified atom stereocenters. The molecule has 1 fully saturated rings. The van der Waals surface area contributed by atoms with E-state index in [-0.39, 0.29) is 12.3 Å². The molecular weight excluding hydrogens is 266 g/mol. The highest BCUT2D eigenvalue weighted by molar-refractivity contribution is 5.94. The number of nitrogens with zero attached hydrogens (tertiary/aromatic N) is 1. The summed E-state index contributed by atoms with van der Waals surface area (Å²) in [7, 11) is 0. The molecule has 1 aliphatic heterocycles. The second-order valence-electron chi connectivity index (χ2n) is 5.74. The minimum Gasteiger partial charge on any atom is -0.481 e. The Morgan fingerprint density at radius 3 is 2.62 bits per heavy atom. The molecule has 1 aliphatic rings. The third kappa shape index (κ3) is 4.31. The van der Waals surface area contributed by atoms with Crippen molar-refractivity contribution in [1.29, 1.82) is 0 Å². The van der Waals surface area contributed by atoms with Gasteiger partial charge in [-0.1, -0.05) is 19.1 Å². The SMILES string of the molecule is CCc1ccc(C(=O)N2CCC[C@H](CCC(=O)O)C2)cc1. The molecule has 4 heteroatoms. The number of hydrogen-bond donors (Lipinski definition) is 1. The highest BCUT2D eigenvalue weighted by Gasteiger charge is 2.24. The zero-order chi connectivity index (χ0) is 15.2. The normalized spacial score (nSPS) is 18.5. The minimum atomic E-state index is -0.756. The zero-order valence-electron chi connectivity index (χ0n) is 12.5. The van der Waals surface area contributed by atoms with Crippen LogP contribution in [0.1, 0.15) is 48.5 Å². The fraction of sp³-hybridized carbons (Fsp3) is 0.529. The summed E-state index contributed by atoms with van der Waals surface area (Å²) < 4.78 is 0. The molecule has 0 aliphatic carbocycles. The number of rotatable bonds is 5. The third-order valence-corrected chi connectivity index (χ3v) is 4.18. The largest absolute Gasteiger partial charge is 0.481 e. The van der Waals surface area contributed by atoms with Gasteiger partial charge in [0.15, 0.2) is 0 Å². The minimum absolute atomic E-state index is 0.0673. The number of carboxylic acid groups (broad SMARTS) is 1. The summed E-state index contributed by atoms with van der Waals surface area (Å²) in [6.45, 7) is 3.55. The van der Waals surface area contributed by atoms with Crippen molar-refractivity contribution in [3.05, 3.63) is 35.4 Å². The average molecular weight is 289 g/mol. The lowest BCUT2D eigenvalue weighted by atomic mass is 9.93. The first-order valence-electron chi connectivity index (χ1n) is 7.70. The van der Waals surface area contributed by atoms with E-state index < -0.39 is 5.97 Å². The number of aliphatic carboxylic acids is 1. The number of piperidine rings is 1. The molecule has 0 radical (unpaired) electrons. The van der Waals surface area contributed by atoms with E-state index in [1.165, 1.54) is 5.56 Å². The maximum absolute atomic E-state index is 12.5. The topological polar surface area (TPSA) is 57.6 Å². The molecule has 0 aromatic heterocycles. The van der Waals surface area contributed by atoms with E-state index in [4.69, 9.17) is 5.11 Å². The number of hydrogen-bond acceptors (Lipinski definition) is 2. The first-order valence-corrected chi connectivity index (χ1v) is 7.70. The van der Waals surface area contributed by atoms with Gasteiger partial charge in [-0.15, -0.1) is 0 Å². The third-order valence-electron chi connectivity index (χ3n) is 4.18. The number of benzene rings is 1. The van der Waals surface area contributed by atoms with Crippen LogP contribution in [0.15, 0.2) is 24.3 Å². The molecule has 21 heavy (non-hydrogen) atoms. The van der Waals surface area contributed by atoms with Crippen LogP contribution in [0.4, 0.5) is 0 Å². The molecule has 1 N–H and O–H groups in total. The summed E-state index contributed by atoms with van der Waals surface area (Å²) in [5, 5.41) is 8.77. The number of carbonyl (C=O) groups is 2. The van der Waals surface area contributed by atoms with Crippen LogP contribution in [-0.2, 0) is 11.2 Å². The van der Waals surface area contributed by atoms with Gasteiger partial charge >= 0.3 is 5.97 Å². The highest BCUT2D eigenvalue weighted by Crippen LogP contribution is 2.22. The molecule has 0 bridgehead atoms. The van der Waals surface area contributed by atoms with Gasteiger partial charge in [0.05, 0.1) is 0 Å². The number of aryl methyl sites for hydroxylation is 1. The lowest BCUT2D eigenvalue weighted by Crippen LogP contribution is -2.40. The summed E-state index contributed by atoms with van der Waals surface area (Å²) in [4.78, 5) is 25.0. The Hall–Kier alpha value is -1.84. The highest BCUT2D eigenvalue weighted by atomic mass is 16.4. The van der Waals surface area contributed by atoms with Gasteiger partial charge in [-0.05, 0) is 49.3 Å². The van der Waals surface area contributed by atoms with Crippen molar-refractivity contribution in [3.8, 4) is 0 Å². The number of amides is 1. The first kappa shape index (κ1) is 15.5. The Balaban J connectivity index is 1.96. The second-order valence-corrected chi connectivity index (χ2v) is 5.74. The van der Waals surface area contributed by atoms with E-state index >= 15 is 0 Å². The Kier molecular flexibility index (Phi) is 5.37. The smallest absolute Gasteiger partial charge is 0.303 e. The fourth-order valence-electron chi connectivity index (χ4n) is 2.88. The monoisotopic (exact) mass is 289 g/mol. The van der Waals surface area contributed by atoms with E-state index in [1.54, 1.807) is 0 Å². The van der Waals surface area contributed by atoms with E-state index in [1.807, 2.05) is 29.2 Å². The van der Waals surface area contributed by atoms with Crippen molar-refractivity contribution in [3.63, 3.8) is 0 Å². The van der Waals surface area contributed by atoms with Gasteiger partial charge in [-0.25, -0.2) is 0 Å². The molecule has 2 rings (SSSR count). The van der Waals surface area contributed by atoms with Crippen molar-refractivity contribution in [1.82, 2.24) is 4.90 Å². The van der Waals surface area contributed by atoms with Crippen molar-refractivity contribution >= 4 is 11.9 Å².